The number of hydrogen-bond donors (Lipinski definition) is 0. The molecule has 0 N–H and O–H groups in total. The number of benzene rings is 13. The van der Waals surface area contributed by atoms with Gasteiger partial charge in [-0.25, -0.2) is 15.0 Å². The Morgan fingerprint density at radius 2 is 0.698 bits per heavy atom. The highest BCUT2D eigenvalue weighted by atomic mass is 15.1. The van der Waals surface area contributed by atoms with Gasteiger partial charge in [0.1, 0.15) is 0 Å². The number of allylic oxidation sites excluding steroid dienone is 1. The van der Waals surface area contributed by atoms with Crippen LogP contribution >= 0.6 is 0 Å². The van der Waals surface area contributed by atoms with E-state index in [4.69, 9.17) is 15.0 Å². The summed E-state index contributed by atoms with van der Waals surface area (Å²) in [6.07, 6.45) is 6.55. The highest BCUT2D eigenvalue weighted by Crippen LogP contribution is 2.44. The normalized spacial score (nSPS) is 12.5. The quantitative estimate of drug-likeness (QED) is 0.137. The van der Waals surface area contributed by atoms with Gasteiger partial charge >= 0.3 is 0 Å². The second-order valence-corrected chi connectivity index (χ2v) is 25.4. The van der Waals surface area contributed by atoms with Crippen molar-refractivity contribution in [1.29, 1.82) is 0 Å². The number of aromatic nitrogens is 8. The van der Waals surface area contributed by atoms with E-state index in [9.17, 15) is 0 Å². The van der Waals surface area contributed by atoms with Gasteiger partial charge in [0, 0.05) is 105 Å². The van der Waals surface area contributed by atoms with Gasteiger partial charge in [-0.3, -0.25) is 0 Å². The largest absolute Gasteiger partial charge is 0.336 e. The highest BCUT2D eigenvalue weighted by Gasteiger charge is 2.25. The molecule has 96 heavy (non-hydrogen) atoms. The Morgan fingerprint density at radius 3 is 1.35 bits per heavy atom. The Labute approximate surface area is 552 Å². The van der Waals surface area contributed by atoms with E-state index in [1.807, 2.05) is 18.2 Å². The van der Waals surface area contributed by atoms with Crippen LogP contribution in [0, 0.1) is 0 Å². The van der Waals surface area contributed by atoms with Crippen molar-refractivity contribution < 1.29 is 0 Å². The zero-order valence-electron chi connectivity index (χ0n) is 52.2. The maximum Gasteiger partial charge on any atom is 0.164 e. The van der Waals surface area contributed by atoms with E-state index in [-0.39, 0.29) is 0 Å². The first-order valence-corrected chi connectivity index (χ1v) is 33.1. The fourth-order valence-electron chi connectivity index (χ4n) is 15.8. The number of para-hydroxylation sites is 7. The molecule has 450 valence electrons. The molecule has 13 aromatic carbocycles. The Bertz CT molecular complexity index is 6380. The van der Waals surface area contributed by atoms with Crippen LogP contribution in [0.5, 0.6) is 0 Å². The lowest BCUT2D eigenvalue weighted by molar-refractivity contribution is 0.870. The van der Waals surface area contributed by atoms with E-state index >= 15 is 0 Å². The molecule has 0 saturated carbocycles. The summed E-state index contributed by atoms with van der Waals surface area (Å²) in [5.74, 6) is 1.80. The van der Waals surface area contributed by atoms with Crippen LogP contribution in [0.15, 0.2) is 309 Å². The Kier molecular flexibility index (Phi) is 12.1. The number of fused-ring (bicyclic) bond motifs is 15. The standard InChI is InChI=1S/C88H58N8/c1-3-22-57(23-4-1)86-89-87(60-24-21-27-63(51-60)94-76-36-15-8-28-64(76)65-29-9-16-37-77(65)94)91-88(90-86)61-45-49-84(95-79-39-18-10-30-66(79)67-31-11-19-40-80(67)95)85(54-61)96-81-41-20-13-34-70(81)73-53-59(44-48-83(73)96)58-43-47-75-72(52-58)68-32-7-14-35-74(68)92(75)55-56-42-46-82-71(50-56)69-33-12-17-38-78(69)93(82)62-25-5-2-6-26-62/h1-15,17-36,38-54H,16,37,55H2. The molecular formula is C88H58N8. The topological polar surface area (TPSA) is 63.3 Å². The first-order chi connectivity index (χ1) is 47.6. The van der Waals surface area contributed by atoms with Crippen LogP contribution in [0.1, 0.15) is 23.2 Å². The third-order valence-electron chi connectivity index (χ3n) is 20.0. The Hall–Kier alpha value is -12.7. The highest BCUT2D eigenvalue weighted by molar-refractivity contribution is 6.14. The van der Waals surface area contributed by atoms with E-state index in [0.29, 0.717) is 17.5 Å². The van der Waals surface area contributed by atoms with Gasteiger partial charge in [-0.15, -0.1) is 0 Å². The summed E-state index contributed by atoms with van der Waals surface area (Å²) in [5, 5.41) is 11.0. The third kappa shape index (κ3) is 8.38. The summed E-state index contributed by atoms with van der Waals surface area (Å²) in [6, 6.07) is 110. The minimum atomic E-state index is 0.584. The van der Waals surface area contributed by atoms with Crippen LogP contribution in [0.2, 0.25) is 0 Å². The molecule has 8 nitrogen and oxygen atoms in total. The third-order valence-corrected chi connectivity index (χ3v) is 20.0. The average Bonchev–Trinajstić information content (AvgIpc) is 1.52. The van der Waals surface area contributed by atoms with Crippen LogP contribution in [-0.2, 0) is 13.0 Å². The molecule has 1 aliphatic carbocycles. The maximum absolute atomic E-state index is 5.49. The molecular weight excluding hydrogens is 1170 g/mol. The zero-order valence-corrected chi connectivity index (χ0v) is 52.2. The van der Waals surface area contributed by atoms with Crippen molar-refractivity contribution in [2.75, 3.05) is 0 Å². The van der Waals surface area contributed by atoms with Crippen LogP contribution in [0.4, 0.5) is 0 Å². The summed E-state index contributed by atoms with van der Waals surface area (Å²) < 4.78 is 12.2. The first kappa shape index (κ1) is 54.0. The second-order valence-electron chi connectivity index (χ2n) is 25.4. The summed E-state index contributed by atoms with van der Waals surface area (Å²) >= 11 is 0. The molecule has 0 radical (unpaired) electrons. The van der Waals surface area contributed by atoms with Crippen molar-refractivity contribution in [3.05, 3.63) is 326 Å². The van der Waals surface area contributed by atoms with Gasteiger partial charge in [-0.1, -0.05) is 200 Å². The van der Waals surface area contributed by atoms with E-state index in [2.05, 4.69) is 320 Å². The van der Waals surface area contributed by atoms with Gasteiger partial charge in [0.25, 0.3) is 0 Å². The molecule has 0 unspecified atom stereocenters. The number of nitrogens with zero attached hydrogens (tertiary/aromatic N) is 8. The SMILES string of the molecule is C1=Cc2c(n(-c3cccc(-c4nc(-c5ccccc5)nc(-c5ccc(-n6c7ccccc7c7ccccc76)c(-n6c7ccccc7c7cc(-c8ccc9c(c8)c8ccccc8n9Cc8ccc9c(c8)c8ccccc8n9-c8ccccc8)ccc76)c5)n4)c3)c3ccccc23)CC1. The minimum Gasteiger partial charge on any atom is -0.336 e. The van der Waals surface area contributed by atoms with Crippen molar-refractivity contribution >= 4 is 104 Å². The molecule has 0 amide bonds. The molecule has 6 heterocycles. The fourth-order valence-corrected chi connectivity index (χ4v) is 15.8. The average molecular weight is 1230 g/mol. The number of hydrogen-bond acceptors (Lipinski definition) is 3. The van der Waals surface area contributed by atoms with Crippen molar-refractivity contribution in [2.45, 2.75) is 19.4 Å². The molecule has 0 aliphatic heterocycles. The summed E-state index contributed by atoms with van der Waals surface area (Å²) in [7, 11) is 0. The Morgan fingerprint density at radius 1 is 0.271 bits per heavy atom. The lowest BCUT2D eigenvalue weighted by Crippen LogP contribution is -2.06. The first-order valence-electron chi connectivity index (χ1n) is 33.1. The predicted molar refractivity (Wildman–Crippen MR) is 397 cm³/mol. The van der Waals surface area contributed by atoms with Gasteiger partial charge in [0.15, 0.2) is 17.5 Å². The van der Waals surface area contributed by atoms with Crippen LogP contribution < -0.4 is 0 Å². The lowest BCUT2D eigenvalue weighted by atomic mass is 10.0. The molecule has 8 heteroatoms. The van der Waals surface area contributed by atoms with Crippen molar-refractivity contribution in [3.8, 4) is 68.0 Å². The van der Waals surface area contributed by atoms with Gasteiger partial charge in [-0.2, -0.15) is 0 Å². The molecule has 0 bridgehead atoms. The van der Waals surface area contributed by atoms with Gasteiger partial charge in [0.2, 0.25) is 0 Å². The molecule has 0 fully saturated rings. The van der Waals surface area contributed by atoms with Crippen LogP contribution in [-0.4, -0.2) is 37.8 Å². The molecule has 0 atom stereocenters. The van der Waals surface area contributed by atoms with E-state index in [0.717, 1.165) is 103 Å². The fraction of sp³-hybridized carbons (Fsp3) is 0.0341. The van der Waals surface area contributed by atoms with E-state index in [1.165, 1.54) is 82.1 Å². The molecule has 1 aliphatic rings. The lowest BCUT2D eigenvalue weighted by Gasteiger charge is -2.18. The minimum absolute atomic E-state index is 0.584. The summed E-state index contributed by atoms with van der Waals surface area (Å²) in [4.78, 5) is 16.2. The van der Waals surface area contributed by atoms with Gasteiger partial charge in [-0.05, 0) is 145 Å². The van der Waals surface area contributed by atoms with Crippen molar-refractivity contribution in [1.82, 2.24) is 37.8 Å². The van der Waals surface area contributed by atoms with Crippen LogP contribution in [0.25, 0.3) is 172 Å². The molecule has 6 aromatic heterocycles. The molecule has 0 spiro atoms. The van der Waals surface area contributed by atoms with Crippen LogP contribution in [0.3, 0.4) is 0 Å². The monoisotopic (exact) mass is 1230 g/mol. The molecule has 20 rings (SSSR count). The van der Waals surface area contributed by atoms with Gasteiger partial charge in [0.05, 0.1) is 50.0 Å². The summed E-state index contributed by atoms with van der Waals surface area (Å²) in [5.41, 5.74) is 23.6. The predicted octanol–water partition coefficient (Wildman–Crippen LogP) is 21.9. The summed E-state index contributed by atoms with van der Waals surface area (Å²) in [6.45, 7) is 0.732. The Balaban J connectivity index is 0.744. The van der Waals surface area contributed by atoms with Gasteiger partial charge < -0.3 is 22.8 Å². The van der Waals surface area contributed by atoms with E-state index < -0.39 is 0 Å². The zero-order chi connectivity index (χ0) is 63.0. The number of rotatable bonds is 10. The van der Waals surface area contributed by atoms with Crippen molar-refractivity contribution in [3.63, 3.8) is 0 Å². The molecule has 0 saturated heterocycles. The second kappa shape index (κ2) is 21.5. The maximum atomic E-state index is 5.49. The molecule has 19 aromatic rings. The smallest absolute Gasteiger partial charge is 0.164 e. The van der Waals surface area contributed by atoms with Crippen molar-refractivity contribution in [2.24, 2.45) is 0 Å². The van der Waals surface area contributed by atoms with E-state index in [1.54, 1.807) is 0 Å².